The number of hydrogen-bond donors (Lipinski definition) is 2. The summed E-state index contributed by atoms with van der Waals surface area (Å²) in [5.74, 6) is 0.744. The van der Waals surface area contributed by atoms with Crippen LogP contribution in [0.3, 0.4) is 0 Å². The fourth-order valence-corrected chi connectivity index (χ4v) is 1.30. The van der Waals surface area contributed by atoms with Crippen LogP contribution in [0.15, 0.2) is 36.7 Å². The summed E-state index contributed by atoms with van der Waals surface area (Å²) in [6.45, 7) is -2.83. The summed E-state index contributed by atoms with van der Waals surface area (Å²) in [7, 11) is 0. The molecule has 0 amide bonds. The number of rotatable bonds is 4. The number of nitrogens with one attached hydrogen (secondary N) is 1. The van der Waals surface area contributed by atoms with Gasteiger partial charge in [0.25, 0.3) is 0 Å². The molecule has 2 aromatic rings. The third-order valence-electron chi connectivity index (χ3n) is 2.07. The van der Waals surface area contributed by atoms with Gasteiger partial charge in [0, 0.05) is 18.1 Å². The predicted octanol–water partition coefficient (Wildman–Crippen LogP) is 2.40. The zero-order valence-corrected chi connectivity index (χ0v) is 9.18. The Labute approximate surface area is 102 Å². The van der Waals surface area contributed by atoms with Crippen LogP contribution in [0.5, 0.6) is 5.75 Å². The van der Waals surface area contributed by atoms with Gasteiger partial charge in [-0.1, -0.05) is 0 Å². The topological polar surface area (TPSA) is 73.1 Å². The van der Waals surface area contributed by atoms with Crippen LogP contribution >= 0.6 is 0 Å². The third kappa shape index (κ3) is 3.03. The molecule has 5 nitrogen and oxygen atoms in total. The fraction of sp³-hybridized carbons (Fsp3) is 0.0909. The highest BCUT2D eigenvalue weighted by Crippen LogP contribution is 2.21. The van der Waals surface area contributed by atoms with E-state index in [2.05, 4.69) is 20.0 Å². The maximum Gasteiger partial charge on any atom is 0.387 e. The molecule has 1 aromatic heterocycles. The molecular formula is C11H10F2N4O. The summed E-state index contributed by atoms with van der Waals surface area (Å²) in [5.41, 5.74) is 6.25. The lowest BCUT2D eigenvalue weighted by Gasteiger charge is -2.08. The Hall–Kier alpha value is -2.44. The van der Waals surface area contributed by atoms with Crippen LogP contribution in [-0.4, -0.2) is 16.6 Å². The first-order chi connectivity index (χ1) is 8.65. The standard InChI is InChI=1S/C11H10F2N4O/c12-11(13)18-8-3-1-7(2-4-8)17-10-9(14)15-5-6-16-10/h1-6,11H,(H2,14,15)(H,16,17). The predicted molar refractivity (Wildman–Crippen MR) is 62.8 cm³/mol. The van der Waals surface area contributed by atoms with E-state index in [-0.39, 0.29) is 11.6 Å². The number of halogens is 2. The minimum Gasteiger partial charge on any atom is -0.435 e. The lowest BCUT2D eigenvalue weighted by atomic mass is 10.3. The zero-order chi connectivity index (χ0) is 13.0. The maximum atomic E-state index is 11.9. The highest BCUT2D eigenvalue weighted by Gasteiger charge is 2.05. The molecule has 0 unspecified atom stereocenters. The lowest BCUT2D eigenvalue weighted by Crippen LogP contribution is -2.02. The highest BCUT2D eigenvalue weighted by molar-refractivity contribution is 5.65. The number of nitrogen functional groups attached to an aromatic ring is 1. The molecule has 0 aliphatic heterocycles. The van der Waals surface area contributed by atoms with Gasteiger partial charge in [-0.25, -0.2) is 9.97 Å². The van der Waals surface area contributed by atoms with Gasteiger partial charge >= 0.3 is 6.61 Å². The molecule has 1 aromatic carbocycles. The first-order valence-corrected chi connectivity index (χ1v) is 5.03. The van der Waals surface area contributed by atoms with Crippen molar-refractivity contribution in [1.82, 2.24) is 9.97 Å². The van der Waals surface area contributed by atoms with E-state index in [0.717, 1.165) is 0 Å². The minimum absolute atomic E-state index is 0.0858. The molecule has 0 radical (unpaired) electrons. The van der Waals surface area contributed by atoms with Gasteiger partial charge in [-0.3, -0.25) is 0 Å². The quantitative estimate of drug-likeness (QED) is 0.874. The number of nitrogens with two attached hydrogens (primary N) is 1. The second kappa shape index (κ2) is 5.26. The molecule has 0 aliphatic carbocycles. The van der Waals surface area contributed by atoms with E-state index in [1.54, 1.807) is 12.1 Å². The molecule has 2 rings (SSSR count). The summed E-state index contributed by atoms with van der Waals surface area (Å²) in [5, 5.41) is 2.91. The Balaban J connectivity index is 2.09. The van der Waals surface area contributed by atoms with Gasteiger partial charge < -0.3 is 15.8 Å². The Kier molecular flexibility index (Phi) is 3.52. The molecule has 7 heteroatoms. The van der Waals surface area contributed by atoms with Crippen molar-refractivity contribution in [1.29, 1.82) is 0 Å². The van der Waals surface area contributed by atoms with E-state index in [1.807, 2.05) is 0 Å². The molecule has 0 atom stereocenters. The summed E-state index contributed by atoms with van der Waals surface area (Å²) in [6.07, 6.45) is 2.97. The Morgan fingerprint density at radius 1 is 1.11 bits per heavy atom. The summed E-state index contributed by atoms with van der Waals surface area (Å²) >= 11 is 0. The van der Waals surface area contributed by atoms with E-state index >= 15 is 0 Å². The van der Waals surface area contributed by atoms with Crippen LogP contribution in [-0.2, 0) is 0 Å². The second-order valence-corrected chi connectivity index (χ2v) is 3.32. The summed E-state index contributed by atoms with van der Waals surface area (Å²) in [4.78, 5) is 7.86. The molecule has 0 fully saturated rings. The zero-order valence-electron chi connectivity index (χ0n) is 9.18. The Morgan fingerprint density at radius 2 is 1.78 bits per heavy atom. The lowest BCUT2D eigenvalue weighted by molar-refractivity contribution is -0.0498. The summed E-state index contributed by atoms with van der Waals surface area (Å²) in [6, 6.07) is 5.99. The molecule has 0 bridgehead atoms. The van der Waals surface area contributed by atoms with Crippen LogP contribution in [0.1, 0.15) is 0 Å². The molecule has 18 heavy (non-hydrogen) atoms. The first kappa shape index (κ1) is 12.0. The van der Waals surface area contributed by atoms with Gasteiger partial charge in [-0.2, -0.15) is 8.78 Å². The van der Waals surface area contributed by atoms with Crippen molar-refractivity contribution in [3.63, 3.8) is 0 Å². The van der Waals surface area contributed by atoms with Gasteiger partial charge in [-0.15, -0.1) is 0 Å². The molecule has 3 N–H and O–H groups in total. The number of anilines is 3. The number of alkyl halides is 2. The van der Waals surface area contributed by atoms with E-state index in [0.29, 0.717) is 11.5 Å². The van der Waals surface area contributed by atoms with Crippen LogP contribution in [0.2, 0.25) is 0 Å². The SMILES string of the molecule is Nc1nccnc1Nc1ccc(OC(F)F)cc1. The van der Waals surface area contributed by atoms with E-state index in [4.69, 9.17) is 5.73 Å². The Morgan fingerprint density at radius 3 is 2.39 bits per heavy atom. The van der Waals surface area contributed by atoms with Crippen molar-refractivity contribution in [3.05, 3.63) is 36.7 Å². The van der Waals surface area contributed by atoms with Gasteiger partial charge in [0.2, 0.25) is 0 Å². The number of benzene rings is 1. The number of aromatic nitrogens is 2. The normalized spacial score (nSPS) is 10.4. The maximum absolute atomic E-state index is 11.9. The Bertz CT molecular complexity index is 519. The fourth-order valence-electron chi connectivity index (χ4n) is 1.30. The second-order valence-electron chi connectivity index (χ2n) is 3.32. The largest absolute Gasteiger partial charge is 0.435 e. The van der Waals surface area contributed by atoms with Gasteiger partial charge in [0.05, 0.1) is 0 Å². The molecule has 0 aliphatic rings. The first-order valence-electron chi connectivity index (χ1n) is 5.03. The minimum atomic E-state index is -2.83. The number of hydrogen-bond acceptors (Lipinski definition) is 5. The van der Waals surface area contributed by atoms with Crippen molar-refractivity contribution < 1.29 is 13.5 Å². The number of nitrogens with zero attached hydrogens (tertiary/aromatic N) is 2. The van der Waals surface area contributed by atoms with Crippen LogP contribution in [0.4, 0.5) is 26.1 Å². The van der Waals surface area contributed by atoms with E-state index in [1.165, 1.54) is 24.5 Å². The average molecular weight is 252 g/mol. The third-order valence-corrected chi connectivity index (χ3v) is 2.07. The van der Waals surface area contributed by atoms with Gasteiger partial charge in [0.1, 0.15) is 5.75 Å². The van der Waals surface area contributed by atoms with Crippen molar-refractivity contribution in [3.8, 4) is 5.75 Å². The molecular weight excluding hydrogens is 242 g/mol. The molecule has 0 saturated heterocycles. The molecule has 0 saturated carbocycles. The van der Waals surface area contributed by atoms with Crippen LogP contribution < -0.4 is 15.8 Å². The van der Waals surface area contributed by atoms with Crippen molar-refractivity contribution in [2.24, 2.45) is 0 Å². The number of ether oxygens (including phenoxy) is 1. The monoisotopic (exact) mass is 252 g/mol. The molecule has 0 spiro atoms. The van der Waals surface area contributed by atoms with Crippen molar-refractivity contribution >= 4 is 17.3 Å². The highest BCUT2D eigenvalue weighted by atomic mass is 19.3. The van der Waals surface area contributed by atoms with Crippen molar-refractivity contribution in [2.45, 2.75) is 6.61 Å². The summed E-state index contributed by atoms with van der Waals surface area (Å²) < 4.78 is 28.1. The van der Waals surface area contributed by atoms with Crippen LogP contribution in [0.25, 0.3) is 0 Å². The van der Waals surface area contributed by atoms with E-state index < -0.39 is 6.61 Å². The molecule has 1 heterocycles. The van der Waals surface area contributed by atoms with Gasteiger partial charge in [0.15, 0.2) is 11.6 Å². The van der Waals surface area contributed by atoms with E-state index in [9.17, 15) is 8.78 Å². The van der Waals surface area contributed by atoms with Gasteiger partial charge in [-0.05, 0) is 24.3 Å². The molecule has 94 valence electrons. The average Bonchev–Trinajstić information content (AvgIpc) is 2.34. The van der Waals surface area contributed by atoms with Crippen molar-refractivity contribution in [2.75, 3.05) is 11.1 Å². The smallest absolute Gasteiger partial charge is 0.387 e. The van der Waals surface area contributed by atoms with Crippen LogP contribution in [0, 0.1) is 0 Å².